The molecule has 21 heavy (non-hydrogen) atoms. The van der Waals surface area contributed by atoms with E-state index in [1.165, 1.54) is 21.4 Å². The van der Waals surface area contributed by atoms with E-state index in [-0.39, 0.29) is 0 Å². The predicted octanol–water partition coefficient (Wildman–Crippen LogP) is 2.35. The van der Waals surface area contributed by atoms with Crippen molar-refractivity contribution in [1.82, 2.24) is 15.1 Å². The monoisotopic (exact) mass is 348 g/mol. The van der Waals surface area contributed by atoms with Crippen LogP contribution in [-0.2, 0) is 6.54 Å². The molecule has 2 aliphatic heterocycles. The number of benzene rings is 1. The van der Waals surface area contributed by atoms with Crippen molar-refractivity contribution in [1.29, 1.82) is 0 Å². The zero-order valence-corrected chi connectivity index (χ0v) is 13.9. The third-order valence-corrected chi connectivity index (χ3v) is 5.04. The quantitative estimate of drug-likeness (QED) is 0.909. The van der Waals surface area contributed by atoms with Crippen LogP contribution in [0.2, 0.25) is 0 Å². The van der Waals surface area contributed by atoms with E-state index in [1.54, 1.807) is 6.34 Å². The minimum absolute atomic E-state index is 0.791. The maximum Gasteiger partial charge on any atom is 0.104 e. The molecule has 2 aliphatic rings. The summed E-state index contributed by atoms with van der Waals surface area (Å²) < 4.78 is 1.20. The van der Waals surface area contributed by atoms with E-state index in [0.717, 1.165) is 39.3 Å². The lowest BCUT2D eigenvalue weighted by Gasteiger charge is -2.37. The minimum atomic E-state index is 0.791. The Labute approximate surface area is 134 Å². The van der Waals surface area contributed by atoms with Crippen LogP contribution in [-0.4, -0.2) is 48.9 Å². The summed E-state index contributed by atoms with van der Waals surface area (Å²) in [5.74, 6) is 1.21. The molecule has 2 heterocycles. The van der Waals surface area contributed by atoms with Gasteiger partial charge in [0.15, 0.2) is 0 Å². The van der Waals surface area contributed by atoms with Gasteiger partial charge in [-0.25, -0.2) is 0 Å². The van der Waals surface area contributed by atoms with Crippen molar-refractivity contribution >= 4 is 22.3 Å². The summed E-state index contributed by atoms with van der Waals surface area (Å²) in [5.41, 5.74) is 2.77. The van der Waals surface area contributed by atoms with Crippen molar-refractivity contribution in [2.24, 2.45) is 4.99 Å². The maximum absolute atomic E-state index is 4.16. The van der Waals surface area contributed by atoms with Gasteiger partial charge in [0.25, 0.3) is 0 Å². The second kappa shape index (κ2) is 6.62. The molecule has 0 saturated carbocycles. The van der Waals surface area contributed by atoms with Gasteiger partial charge in [0.05, 0.1) is 12.9 Å². The normalized spacial score (nSPS) is 19.3. The van der Waals surface area contributed by atoms with Crippen LogP contribution >= 0.6 is 15.9 Å². The summed E-state index contributed by atoms with van der Waals surface area (Å²) in [4.78, 5) is 9.10. The van der Waals surface area contributed by atoms with E-state index in [2.05, 4.69) is 67.2 Å². The first-order valence-electron chi connectivity index (χ1n) is 7.40. The number of nitrogens with zero attached hydrogens (tertiary/aromatic N) is 3. The summed E-state index contributed by atoms with van der Waals surface area (Å²) in [6.45, 7) is 8.35. The first-order valence-corrected chi connectivity index (χ1v) is 8.19. The second-order valence-corrected chi connectivity index (χ2v) is 6.37. The first-order chi connectivity index (χ1) is 10.2. The van der Waals surface area contributed by atoms with Crippen LogP contribution in [0.3, 0.4) is 0 Å². The van der Waals surface area contributed by atoms with Gasteiger partial charge in [-0.1, -0.05) is 28.1 Å². The third-order valence-electron chi connectivity index (χ3n) is 4.18. The average molecular weight is 349 g/mol. The van der Waals surface area contributed by atoms with Crippen LogP contribution in [0.5, 0.6) is 0 Å². The van der Waals surface area contributed by atoms with Gasteiger partial charge in [-0.2, -0.15) is 0 Å². The van der Waals surface area contributed by atoms with Crippen LogP contribution < -0.4 is 5.32 Å². The molecule has 4 nitrogen and oxygen atoms in total. The van der Waals surface area contributed by atoms with Gasteiger partial charge in [0, 0.05) is 37.2 Å². The Bertz CT molecular complexity index is 559. The van der Waals surface area contributed by atoms with E-state index in [9.17, 15) is 0 Å². The Morgan fingerprint density at radius 1 is 1.24 bits per heavy atom. The Morgan fingerprint density at radius 3 is 2.76 bits per heavy atom. The van der Waals surface area contributed by atoms with Gasteiger partial charge >= 0.3 is 0 Å². The fourth-order valence-corrected chi connectivity index (χ4v) is 3.20. The molecular weight excluding hydrogens is 328 g/mol. The zero-order chi connectivity index (χ0) is 14.7. The molecule has 3 rings (SSSR count). The Kier molecular flexibility index (Phi) is 4.60. The summed E-state index contributed by atoms with van der Waals surface area (Å²) in [7, 11) is 0. The molecule has 0 amide bonds. The predicted molar refractivity (Wildman–Crippen MR) is 90.3 cm³/mol. The molecule has 0 spiro atoms. The molecule has 1 aromatic rings. The lowest BCUT2D eigenvalue weighted by molar-refractivity contribution is 0.149. The topological polar surface area (TPSA) is 30.9 Å². The number of rotatable bonds is 3. The summed E-state index contributed by atoms with van der Waals surface area (Å²) >= 11 is 3.62. The van der Waals surface area contributed by atoms with Crippen molar-refractivity contribution in [2.75, 3.05) is 32.7 Å². The molecule has 1 aromatic carbocycles. The summed E-state index contributed by atoms with van der Waals surface area (Å²) in [6.07, 6.45) is 3.96. The molecule has 0 aliphatic carbocycles. The van der Waals surface area contributed by atoms with Gasteiger partial charge in [-0.05, 0) is 30.2 Å². The molecule has 0 unspecified atom stereocenters. The lowest BCUT2D eigenvalue weighted by atomic mass is 10.1. The van der Waals surface area contributed by atoms with Crippen LogP contribution in [0.4, 0.5) is 0 Å². The Morgan fingerprint density at radius 2 is 2.05 bits per heavy atom. The van der Waals surface area contributed by atoms with Crippen LogP contribution in [0.1, 0.15) is 11.1 Å². The van der Waals surface area contributed by atoms with Crippen molar-refractivity contribution in [3.63, 3.8) is 0 Å². The highest BCUT2D eigenvalue weighted by atomic mass is 79.9. The van der Waals surface area contributed by atoms with Gasteiger partial charge in [0.2, 0.25) is 0 Å². The number of hydrogen-bond acceptors (Lipinski definition) is 4. The standard InChI is InChI=1S/C16H21BrN4/c1-13-14(3-2-4-15(13)17)11-20-7-9-21(10-8-20)16-5-6-18-12-19-16/h2-5,12H,6-11H2,1H3,(H,18,19). The second-order valence-electron chi connectivity index (χ2n) is 5.52. The fraction of sp³-hybridized carbons (Fsp3) is 0.438. The molecule has 1 fully saturated rings. The first kappa shape index (κ1) is 14.6. The van der Waals surface area contributed by atoms with Crippen molar-refractivity contribution < 1.29 is 0 Å². The molecule has 112 valence electrons. The zero-order valence-electron chi connectivity index (χ0n) is 12.3. The molecule has 0 radical (unpaired) electrons. The van der Waals surface area contributed by atoms with E-state index in [0.29, 0.717) is 0 Å². The van der Waals surface area contributed by atoms with E-state index in [1.807, 2.05) is 0 Å². The van der Waals surface area contributed by atoms with Crippen molar-refractivity contribution in [3.05, 3.63) is 45.7 Å². The molecule has 0 bridgehead atoms. The molecule has 1 N–H and O–H groups in total. The Hall–Kier alpha value is -1.33. The van der Waals surface area contributed by atoms with Crippen LogP contribution in [0, 0.1) is 6.92 Å². The molecule has 0 aromatic heterocycles. The highest BCUT2D eigenvalue weighted by molar-refractivity contribution is 9.10. The maximum atomic E-state index is 4.16. The number of nitrogens with one attached hydrogen (secondary N) is 1. The van der Waals surface area contributed by atoms with Crippen LogP contribution in [0.15, 0.2) is 39.6 Å². The summed E-state index contributed by atoms with van der Waals surface area (Å²) in [6, 6.07) is 6.46. The number of aliphatic imine (C=N–C) groups is 1. The Balaban J connectivity index is 1.56. The molecular formula is C16H21BrN4. The average Bonchev–Trinajstić information content (AvgIpc) is 2.53. The highest BCUT2D eigenvalue weighted by Crippen LogP contribution is 2.21. The van der Waals surface area contributed by atoms with Gasteiger partial charge in [0.1, 0.15) is 5.82 Å². The SMILES string of the molecule is Cc1c(Br)cccc1CN1CCN(C2=CCN=CN2)CC1. The van der Waals surface area contributed by atoms with Gasteiger partial charge < -0.3 is 10.2 Å². The lowest BCUT2D eigenvalue weighted by Crippen LogP contribution is -2.47. The smallest absolute Gasteiger partial charge is 0.104 e. The number of hydrogen-bond donors (Lipinski definition) is 1. The fourth-order valence-electron chi connectivity index (χ4n) is 2.79. The van der Waals surface area contributed by atoms with Crippen molar-refractivity contribution in [2.45, 2.75) is 13.5 Å². The molecule has 5 heteroatoms. The number of halogens is 1. The van der Waals surface area contributed by atoms with Gasteiger partial charge in [-0.15, -0.1) is 0 Å². The minimum Gasteiger partial charge on any atom is -0.356 e. The molecule has 1 saturated heterocycles. The van der Waals surface area contributed by atoms with Crippen molar-refractivity contribution in [3.8, 4) is 0 Å². The van der Waals surface area contributed by atoms with E-state index >= 15 is 0 Å². The highest BCUT2D eigenvalue weighted by Gasteiger charge is 2.19. The largest absolute Gasteiger partial charge is 0.356 e. The molecule has 0 atom stereocenters. The van der Waals surface area contributed by atoms with Gasteiger partial charge in [-0.3, -0.25) is 9.89 Å². The summed E-state index contributed by atoms with van der Waals surface area (Å²) in [5, 5.41) is 3.24. The number of piperazine rings is 1. The van der Waals surface area contributed by atoms with E-state index < -0.39 is 0 Å². The van der Waals surface area contributed by atoms with Crippen LogP contribution in [0.25, 0.3) is 0 Å². The van der Waals surface area contributed by atoms with E-state index in [4.69, 9.17) is 0 Å². The third kappa shape index (κ3) is 3.47.